The Morgan fingerprint density at radius 1 is 1.16 bits per heavy atom. The lowest BCUT2D eigenvalue weighted by molar-refractivity contribution is 0.00578. The lowest BCUT2D eigenvalue weighted by Crippen LogP contribution is -2.41. The summed E-state index contributed by atoms with van der Waals surface area (Å²) >= 11 is 0. The lowest BCUT2D eigenvalue weighted by Gasteiger charge is -2.32. The van der Waals surface area contributed by atoms with Crippen molar-refractivity contribution in [2.45, 2.75) is 45.3 Å². The van der Waals surface area contributed by atoms with Gasteiger partial charge in [-0.1, -0.05) is 6.07 Å². The fourth-order valence-electron chi connectivity index (χ4n) is 2.03. The normalized spacial score (nSPS) is 20.3. The molecule has 0 saturated carbocycles. The molecule has 0 aliphatic carbocycles. The second kappa shape index (κ2) is 4.59. The Hall–Kier alpha value is -1.44. The zero-order valence-corrected chi connectivity index (χ0v) is 11.9. The number of terminal acetylenes is 1. The van der Waals surface area contributed by atoms with Gasteiger partial charge in [-0.05, 0) is 50.9 Å². The number of hydrogen-bond acceptors (Lipinski definition) is 3. The van der Waals surface area contributed by atoms with Crippen molar-refractivity contribution in [2.24, 2.45) is 0 Å². The summed E-state index contributed by atoms with van der Waals surface area (Å²) < 4.78 is 11.9. The van der Waals surface area contributed by atoms with Crippen molar-refractivity contribution in [1.29, 1.82) is 0 Å². The van der Waals surface area contributed by atoms with Gasteiger partial charge in [-0.2, -0.15) is 0 Å². The van der Waals surface area contributed by atoms with Crippen LogP contribution in [0.15, 0.2) is 18.2 Å². The highest BCUT2D eigenvalue weighted by Crippen LogP contribution is 2.36. The topological polar surface area (TPSA) is 38.7 Å². The molecule has 1 fully saturated rings. The van der Waals surface area contributed by atoms with Crippen LogP contribution in [0, 0.1) is 12.3 Å². The zero-order valence-electron chi connectivity index (χ0n) is 11.9. The number of aromatic hydroxyl groups is 1. The highest BCUT2D eigenvalue weighted by atomic mass is 16.7. The van der Waals surface area contributed by atoms with Gasteiger partial charge in [-0.3, -0.25) is 0 Å². The molecular weight excluding hydrogens is 239 g/mol. The molecule has 1 N–H and O–H groups in total. The number of rotatable bonds is 2. The molecule has 1 aliphatic rings. The number of benzene rings is 1. The Morgan fingerprint density at radius 3 is 2.26 bits per heavy atom. The van der Waals surface area contributed by atoms with Gasteiger partial charge in [-0.25, -0.2) is 0 Å². The molecule has 19 heavy (non-hydrogen) atoms. The first-order valence-corrected chi connectivity index (χ1v) is 6.37. The molecule has 100 valence electrons. The van der Waals surface area contributed by atoms with Crippen LogP contribution in [0.25, 0.3) is 0 Å². The average Bonchev–Trinajstić information content (AvgIpc) is 2.48. The number of hydrogen-bond donors (Lipinski definition) is 1. The van der Waals surface area contributed by atoms with Crippen LogP contribution in [0.4, 0.5) is 0 Å². The first-order chi connectivity index (χ1) is 8.75. The van der Waals surface area contributed by atoms with Gasteiger partial charge >= 0.3 is 7.12 Å². The first-order valence-electron chi connectivity index (χ1n) is 6.37. The van der Waals surface area contributed by atoms with Crippen LogP contribution in [0.5, 0.6) is 5.75 Å². The minimum atomic E-state index is -0.478. The Kier molecular flexibility index (Phi) is 3.38. The fourth-order valence-corrected chi connectivity index (χ4v) is 2.03. The van der Waals surface area contributed by atoms with E-state index in [1.54, 1.807) is 12.1 Å². The van der Waals surface area contributed by atoms with Crippen molar-refractivity contribution in [2.75, 3.05) is 0 Å². The predicted octanol–water partition coefficient (Wildman–Crippen LogP) is 1.87. The summed E-state index contributed by atoms with van der Waals surface area (Å²) in [6.45, 7) is 7.99. The molecule has 0 unspecified atom stereocenters. The molecule has 1 aromatic rings. The summed E-state index contributed by atoms with van der Waals surface area (Å²) in [6.07, 6.45) is 5.78. The van der Waals surface area contributed by atoms with Gasteiger partial charge in [0, 0.05) is 6.42 Å². The van der Waals surface area contributed by atoms with Crippen LogP contribution in [0.1, 0.15) is 33.3 Å². The molecule has 0 aromatic heterocycles. The van der Waals surface area contributed by atoms with Gasteiger partial charge in [0.15, 0.2) is 0 Å². The molecule has 1 aromatic carbocycles. The van der Waals surface area contributed by atoms with E-state index < -0.39 is 18.3 Å². The Bertz CT molecular complexity index is 513. The van der Waals surface area contributed by atoms with Gasteiger partial charge < -0.3 is 14.4 Å². The molecular formula is C15H19BO3. The fraction of sp³-hybridized carbons (Fsp3) is 0.467. The van der Waals surface area contributed by atoms with E-state index in [1.807, 2.05) is 33.8 Å². The minimum Gasteiger partial charge on any atom is -0.508 e. The maximum atomic E-state index is 9.76. The first kappa shape index (κ1) is 14.0. The molecule has 3 nitrogen and oxygen atoms in total. The highest BCUT2D eigenvalue weighted by Gasteiger charge is 2.51. The van der Waals surface area contributed by atoms with Crippen LogP contribution in [0.3, 0.4) is 0 Å². The van der Waals surface area contributed by atoms with E-state index in [0.29, 0.717) is 6.42 Å². The maximum Gasteiger partial charge on any atom is 0.494 e. The second-order valence-corrected chi connectivity index (χ2v) is 5.90. The third-order valence-electron chi connectivity index (χ3n) is 3.83. The van der Waals surface area contributed by atoms with Crippen LogP contribution >= 0.6 is 0 Å². The van der Waals surface area contributed by atoms with Crippen LogP contribution in [-0.2, 0) is 15.7 Å². The predicted molar refractivity (Wildman–Crippen MR) is 76.4 cm³/mol. The van der Waals surface area contributed by atoms with E-state index in [0.717, 1.165) is 11.0 Å². The summed E-state index contributed by atoms with van der Waals surface area (Å²) in [4.78, 5) is 0. The van der Waals surface area contributed by atoms with E-state index in [1.165, 1.54) is 0 Å². The zero-order chi connectivity index (χ0) is 14.3. The van der Waals surface area contributed by atoms with Crippen LogP contribution in [0.2, 0.25) is 0 Å². The average molecular weight is 258 g/mol. The maximum absolute atomic E-state index is 9.76. The largest absolute Gasteiger partial charge is 0.508 e. The van der Waals surface area contributed by atoms with Crippen molar-refractivity contribution in [3.05, 3.63) is 23.8 Å². The van der Waals surface area contributed by atoms with E-state index in [2.05, 4.69) is 5.92 Å². The Balaban J connectivity index is 2.32. The van der Waals surface area contributed by atoms with E-state index in [9.17, 15) is 5.11 Å². The summed E-state index contributed by atoms with van der Waals surface area (Å²) in [5.74, 6) is 2.75. The van der Waals surface area contributed by atoms with Gasteiger partial charge in [0.1, 0.15) is 5.75 Å². The van der Waals surface area contributed by atoms with Crippen molar-refractivity contribution in [3.8, 4) is 18.1 Å². The Labute approximate surface area is 115 Å². The van der Waals surface area contributed by atoms with Gasteiger partial charge in [0.25, 0.3) is 0 Å². The van der Waals surface area contributed by atoms with Crippen molar-refractivity contribution in [3.63, 3.8) is 0 Å². The van der Waals surface area contributed by atoms with Crippen molar-refractivity contribution >= 4 is 12.6 Å². The molecule has 4 heteroatoms. The quantitative estimate of drug-likeness (QED) is 0.650. The molecule has 0 amide bonds. The van der Waals surface area contributed by atoms with Gasteiger partial charge in [0.05, 0.1) is 11.2 Å². The molecule has 1 saturated heterocycles. The second-order valence-electron chi connectivity index (χ2n) is 5.90. The Morgan fingerprint density at radius 2 is 1.74 bits per heavy atom. The smallest absolute Gasteiger partial charge is 0.494 e. The van der Waals surface area contributed by atoms with Crippen LogP contribution < -0.4 is 5.46 Å². The summed E-state index contributed by atoms with van der Waals surface area (Å²) in [7, 11) is -0.478. The summed E-state index contributed by atoms with van der Waals surface area (Å²) in [6, 6.07) is 5.23. The van der Waals surface area contributed by atoms with Crippen LogP contribution in [-0.4, -0.2) is 23.4 Å². The monoisotopic (exact) mass is 258 g/mol. The van der Waals surface area contributed by atoms with Crippen molar-refractivity contribution < 1.29 is 14.4 Å². The lowest BCUT2D eigenvalue weighted by atomic mass is 9.78. The van der Waals surface area contributed by atoms with Crippen molar-refractivity contribution in [1.82, 2.24) is 0 Å². The molecule has 2 rings (SSSR count). The summed E-state index contributed by atoms with van der Waals surface area (Å²) in [5, 5.41) is 9.76. The SMILES string of the molecule is C#CCc1cc(O)cc(B2OC(C)(C)C(C)(C)O2)c1. The van der Waals surface area contributed by atoms with Gasteiger partial charge in [0.2, 0.25) is 0 Å². The third kappa shape index (κ3) is 2.63. The molecule has 0 atom stereocenters. The van der Waals surface area contributed by atoms with E-state index in [-0.39, 0.29) is 5.75 Å². The molecule has 0 radical (unpaired) electrons. The van der Waals surface area contributed by atoms with E-state index >= 15 is 0 Å². The van der Waals surface area contributed by atoms with E-state index in [4.69, 9.17) is 15.7 Å². The number of phenolic OH excluding ortho intramolecular Hbond substituents is 1. The third-order valence-corrected chi connectivity index (χ3v) is 3.83. The highest BCUT2D eigenvalue weighted by molar-refractivity contribution is 6.62. The standard InChI is InChI=1S/C15H19BO3/c1-6-7-11-8-12(10-13(17)9-11)16-18-14(2,3)15(4,5)19-16/h1,8-10,17H,7H2,2-5H3. The molecule has 0 spiro atoms. The molecule has 1 heterocycles. The summed E-state index contributed by atoms with van der Waals surface area (Å²) in [5.41, 5.74) is 0.890. The van der Waals surface area contributed by atoms with Gasteiger partial charge in [-0.15, -0.1) is 12.3 Å². The molecule has 0 bridgehead atoms. The number of phenols is 1. The molecule has 1 aliphatic heterocycles. The minimum absolute atomic E-state index is 0.178.